The first-order valence-corrected chi connectivity index (χ1v) is 13.9. The normalized spacial score (nSPS) is 12.4. The summed E-state index contributed by atoms with van der Waals surface area (Å²) in [6.07, 6.45) is -9.53. The van der Waals surface area contributed by atoms with Crippen molar-refractivity contribution in [1.82, 2.24) is 35.1 Å². The number of benzene rings is 1. The molecule has 1 aromatic carbocycles. The number of alkyl halides is 6. The van der Waals surface area contributed by atoms with E-state index in [0.717, 1.165) is 10.7 Å². The van der Waals surface area contributed by atoms with Gasteiger partial charge in [-0.25, -0.2) is 9.67 Å². The number of hydrogen-bond donors (Lipinski definition) is 2. The minimum Gasteiger partial charge on any atom is -0.347 e. The Hall–Kier alpha value is -3.74. The lowest BCUT2D eigenvalue weighted by atomic mass is 10.0. The van der Waals surface area contributed by atoms with E-state index in [2.05, 4.69) is 30.9 Å². The fourth-order valence-electron chi connectivity index (χ4n) is 3.98. The number of aromatic nitrogens is 6. The quantitative estimate of drug-likeness (QED) is 0.177. The molecule has 18 heteroatoms. The zero-order valence-electron chi connectivity index (χ0n) is 23.2. The number of rotatable bonds is 6. The van der Waals surface area contributed by atoms with Crippen LogP contribution in [0.4, 0.5) is 32.0 Å². The predicted octanol–water partition coefficient (Wildman–Crippen LogP) is 6.29. The van der Waals surface area contributed by atoms with Gasteiger partial charge in [0.25, 0.3) is 11.8 Å². The van der Waals surface area contributed by atoms with Crippen LogP contribution in [0.5, 0.6) is 0 Å². The molecule has 44 heavy (non-hydrogen) atoms. The number of nitrogens with one attached hydrogen (secondary N) is 2. The summed E-state index contributed by atoms with van der Waals surface area (Å²) in [7, 11) is 0. The molecule has 10 nitrogen and oxygen atoms in total. The SMILES string of the molecule is Cc1cc(I)cc(C(=O)NC(C)(C)C)c1NC(=O)c1cc(Cn2nc(C(F)(F)F)c(C(F)(F)F)n2)nn1-c1ncccc1Cl. The van der Waals surface area contributed by atoms with E-state index in [0.29, 0.717) is 9.13 Å². The van der Waals surface area contributed by atoms with Gasteiger partial charge in [0, 0.05) is 15.3 Å². The molecule has 0 bridgehead atoms. The van der Waals surface area contributed by atoms with Crippen LogP contribution in [-0.2, 0) is 18.9 Å². The summed E-state index contributed by atoms with van der Waals surface area (Å²) in [5, 5.41) is 15.7. The number of carbonyl (C=O) groups excluding carboxylic acids is 2. The summed E-state index contributed by atoms with van der Waals surface area (Å²) in [6, 6.07) is 7.34. The van der Waals surface area contributed by atoms with E-state index < -0.39 is 47.6 Å². The Morgan fingerprint density at radius 3 is 2.11 bits per heavy atom. The van der Waals surface area contributed by atoms with Crippen LogP contribution in [0.15, 0.2) is 36.5 Å². The molecule has 0 saturated carbocycles. The van der Waals surface area contributed by atoms with Crippen LogP contribution in [0.3, 0.4) is 0 Å². The molecule has 0 aliphatic carbocycles. The average molecular weight is 755 g/mol. The highest BCUT2D eigenvalue weighted by Gasteiger charge is 2.48. The molecule has 4 aromatic rings. The average Bonchev–Trinajstić information content (AvgIpc) is 3.50. The van der Waals surface area contributed by atoms with E-state index in [1.807, 2.05) is 22.6 Å². The first-order chi connectivity index (χ1) is 20.2. The molecular weight excluding hydrogens is 733 g/mol. The third kappa shape index (κ3) is 7.48. The van der Waals surface area contributed by atoms with Crippen molar-refractivity contribution in [3.05, 3.63) is 79.0 Å². The molecule has 0 aliphatic rings. The molecule has 0 radical (unpaired) electrons. The molecule has 0 saturated heterocycles. The van der Waals surface area contributed by atoms with Crippen LogP contribution in [0, 0.1) is 10.5 Å². The molecule has 2 N–H and O–H groups in total. The van der Waals surface area contributed by atoms with Gasteiger partial charge in [0.15, 0.2) is 17.2 Å². The molecule has 234 valence electrons. The molecule has 0 unspecified atom stereocenters. The Morgan fingerprint density at radius 2 is 1.57 bits per heavy atom. The van der Waals surface area contributed by atoms with Gasteiger partial charge in [-0.1, -0.05) is 11.6 Å². The Morgan fingerprint density at radius 1 is 0.955 bits per heavy atom. The molecule has 0 spiro atoms. The first-order valence-electron chi connectivity index (χ1n) is 12.5. The first kappa shape index (κ1) is 33.2. The van der Waals surface area contributed by atoms with Gasteiger partial charge in [-0.2, -0.15) is 36.2 Å². The summed E-state index contributed by atoms with van der Waals surface area (Å²) < 4.78 is 81.3. The van der Waals surface area contributed by atoms with Crippen molar-refractivity contribution in [3.8, 4) is 5.82 Å². The van der Waals surface area contributed by atoms with Crippen LogP contribution in [0.1, 0.15) is 64.3 Å². The summed E-state index contributed by atoms with van der Waals surface area (Å²) in [5.74, 6) is -1.36. The lowest BCUT2D eigenvalue weighted by molar-refractivity contribution is -0.165. The van der Waals surface area contributed by atoms with E-state index in [1.165, 1.54) is 18.3 Å². The molecule has 0 aliphatic heterocycles. The van der Waals surface area contributed by atoms with Crippen molar-refractivity contribution in [2.45, 2.75) is 52.1 Å². The van der Waals surface area contributed by atoms with Crippen molar-refractivity contribution in [1.29, 1.82) is 0 Å². The summed E-state index contributed by atoms with van der Waals surface area (Å²) >= 11 is 8.29. The lowest BCUT2D eigenvalue weighted by Crippen LogP contribution is -2.41. The van der Waals surface area contributed by atoms with Crippen molar-refractivity contribution in [3.63, 3.8) is 0 Å². The van der Waals surface area contributed by atoms with Gasteiger partial charge in [0.2, 0.25) is 0 Å². The molecule has 0 atom stereocenters. The van der Waals surface area contributed by atoms with Gasteiger partial charge in [-0.15, -0.1) is 10.2 Å². The third-order valence-corrected chi connectivity index (χ3v) is 6.62. The van der Waals surface area contributed by atoms with Crippen molar-refractivity contribution in [2.75, 3.05) is 5.32 Å². The molecule has 2 amide bonds. The standard InChI is InChI=1S/C26H22ClF6IN8O2/c1-12-8-13(34)9-15(22(43)37-24(2,3)4)18(12)36-23(44)17-10-14(38-42(17)21-16(27)6-5-7-35-21)11-41-39-19(25(28,29)30)20(40-41)26(31,32)33/h5-10H,11H2,1-4H3,(H,36,44)(H,37,43). The Balaban J connectivity index is 1.78. The molecule has 3 aromatic heterocycles. The number of pyridine rings is 1. The highest BCUT2D eigenvalue weighted by molar-refractivity contribution is 14.1. The van der Waals surface area contributed by atoms with Crippen LogP contribution in [0.2, 0.25) is 5.02 Å². The zero-order valence-corrected chi connectivity index (χ0v) is 26.1. The van der Waals surface area contributed by atoms with Crippen molar-refractivity contribution >= 4 is 51.7 Å². The minimum atomic E-state index is -5.43. The topological polar surface area (TPSA) is 120 Å². The van der Waals surface area contributed by atoms with Crippen molar-refractivity contribution < 1.29 is 35.9 Å². The molecule has 4 rings (SSSR count). The lowest BCUT2D eigenvalue weighted by Gasteiger charge is -2.22. The molecule has 0 fully saturated rings. The highest BCUT2D eigenvalue weighted by Crippen LogP contribution is 2.38. The van der Waals surface area contributed by atoms with E-state index in [-0.39, 0.29) is 38.3 Å². The predicted molar refractivity (Wildman–Crippen MR) is 155 cm³/mol. The largest absolute Gasteiger partial charge is 0.437 e. The number of aryl methyl sites for hydroxylation is 1. The van der Waals surface area contributed by atoms with E-state index in [9.17, 15) is 35.9 Å². The van der Waals surface area contributed by atoms with Gasteiger partial charge < -0.3 is 10.6 Å². The number of amides is 2. The number of hydrogen-bond acceptors (Lipinski definition) is 6. The number of nitrogens with zero attached hydrogens (tertiary/aromatic N) is 6. The van der Waals surface area contributed by atoms with Crippen molar-refractivity contribution in [2.24, 2.45) is 0 Å². The van der Waals surface area contributed by atoms with Gasteiger partial charge >= 0.3 is 12.4 Å². The van der Waals surface area contributed by atoms with E-state index in [1.54, 1.807) is 39.8 Å². The van der Waals surface area contributed by atoms with E-state index >= 15 is 0 Å². The Labute approximate surface area is 264 Å². The van der Waals surface area contributed by atoms with Crippen LogP contribution < -0.4 is 10.6 Å². The Bertz CT molecular complexity index is 1710. The smallest absolute Gasteiger partial charge is 0.347 e. The second-order valence-electron chi connectivity index (χ2n) is 10.5. The molecular formula is C26H22ClF6IN8O2. The summed E-state index contributed by atoms with van der Waals surface area (Å²) in [4.78, 5) is 31.1. The molecule has 3 heterocycles. The van der Waals surface area contributed by atoms with Gasteiger partial charge in [-0.05, 0) is 86.2 Å². The van der Waals surface area contributed by atoms with Gasteiger partial charge in [0.05, 0.1) is 22.0 Å². The zero-order chi connectivity index (χ0) is 32.8. The second-order valence-corrected chi connectivity index (χ2v) is 12.1. The maximum absolute atomic E-state index is 13.7. The second kappa shape index (κ2) is 12.0. The Kier molecular flexibility index (Phi) is 9.03. The monoisotopic (exact) mass is 754 g/mol. The minimum absolute atomic E-state index is 0.0304. The van der Waals surface area contributed by atoms with E-state index in [4.69, 9.17) is 11.6 Å². The third-order valence-electron chi connectivity index (χ3n) is 5.70. The number of halogens is 8. The summed E-state index contributed by atoms with van der Waals surface area (Å²) in [5.41, 5.74) is -4.63. The van der Waals surface area contributed by atoms with Gasteiger partial charge in [-0.3, -0.25) is 9.59 Å². The maximum atomic E-state index is 13.7. The van der Waals surface area contributed by atoms with Crippen LogP contribution >= 0.6 is 34.2 Å². The highest BCUT2D eigenvalue weighted by atomic mass is 127. The van der Waals surface area contributed by atoms with Crippen LogP contribution in [-0.4, -0.2) is 47.1 Å². The maximum Gasteiger partial charge on any atom is 0.437 e. The number of anilines is 1. The summed E-state index contributed by atoms with van der Waals surface area (Å²) in [6.45, 7) is 6.24. The fraction of sp³-hybridized carbons (Fsp3) is 0.308. The fourth-order valence-corrected chi connectivity index (χ4v) is 4.96. The van der Waals surface area contributed by atoms with Gasteiger partial charge in [0.1, 0.15) is 12.2 Å². The van der Waals surface area contributed by atoms with Crippen LogP contribution in [0.25, 0.3) is 5.82 Å². The number of carbonyl (C=O) groups is 2.